The van der Waals surface area contributed by atoms with Crippen LogP contribution in [0.25, 0.3) is 11.1 Å². The van der Waals surface area contributed by atoms with Gasteiger partial charge < -0.3 is 24.1 Å². The fourth-order valence-corrected chi connectivity index (χ4v) is 5.73. The molecule has 7 heteroatoms. The smallest absolute Gasteiger partial charge is 0.306 e. The molecule has 1 N–H and O–H groups in total. The molecule has 3 aromatic carbocycles. The van der Waals surface area contributed by atoms with Crippen LogP contribution in [-0.2, 0) is 16.0 Å². The molecule has 39 heavy (non-hydrogen) atoms. The van der Waals surface area contributed by atoms with E-state index in [0.29, 0.717) is 42.3 Å². The van der Waals surface area contributed by atoms with Crippen LogP contribution >= 0.6 is 0 Å². The maximum Gasteiger partial charge on any atom is 0.306 e. The molecule has 5 rings (SSSR count). The molecule has 0 radical (unpaired) electrons. The number of aliphatic hydroxyl groups is 1. The first kappa shape index (κ1) is 27.0. The first-order valence-corrected chi connectivity index (χ1v) is 13.3. The minimum Gasteiger partial charge on any atom is -0.492 e. The summed E-state index contributed by atoms with van der Waals surface area (Å²) in [4.78, 5) is 11.7. The molecular weight excluding hydrogens is 499 g/mol. The van der Waals surface area contributed by atoms with E-state index in [-0.39, 0.29) is 30.7 Å². The van der Waals surface area contributed by atoms with Gasteiger partial charge in [-0.1, -0.05) is 12.1 Å². The maximum atomic E-state index is 15.3. The fraction of sp³-hybridized carbons (Fsp3) is 0.406. The minimum atomic E-state index is -0.688. The van der Waals surface area contributed by atoms with E-state index < -0.39 is 11.7 Å². The van der Waals surface area contributed by atoms with Gasteiger partial charge in [0.25, 0.3) is 0 Å². The van der Waals surface area contributed by atoms with Gasteiger partial charge in [-0.3, -0.25) is 4.79 Å². The molecule has 0 aromatic heterocycles. The summed E-state index contributed by atoms with van der Waals surface area (Å²) >= 11 is 0. The van der Waals surface area contributed by atoms with Crippen molar-refractivity contribution >= 4 is 5.97 Å². The molecule has 0 saturated heterocycles. The normalized spacial score (nSPS) is 17.8. The highest BCUT2D eigenvalue weighted by molar-refractivity contribution is 5.76. The lowest BCUT2D eigenvalue weighted by Gasteiger charge is -2.25. The summed E-state index contributed by atoms with van der Waals surface area (Å²) in [6.07, 6.45) is 1.21. The topological polar surface area (TPSA) is 74.2 Å². The Balaban J connectivity index is 1.41. The number of hydrogen-bond acceptors (Lipinski definition) is 6. The van der Waals surface area contributed by atoms with Crippen molar-refractivity contribution in [2.24, 2.45) is 0 Å². The van der Waals surface area contributed by atoms with Crippen molar-refractivity contribution in [2.75, 3.05) is 20.3 Å². The van der Waals surface area contributed by atoms with Gasteiger partial charge in [-0.05, 0) is 92.6 Å². The number of methoxy groups -OCH3 is 1. The van der Waals surface area contributed by atoms with Crippen LogP contribution in [0.4, 0.5) is 4.39 Å². The van der Waals surface area contributed by atoms with Gasteiger partial charge in [0.2, 0.25) is 0 Å². The van der Waals surface area contributed by atoms with Gasteiger partial charge in [0.1, 0.15) is 34.8 Å². The van der Waals surface area contributed by atoms with Crippen molar-refractivity contribution in [1.82, 2.24) is 0 Å². The molecule has 2 atom stereocenters. The summed E-state index contributed by atoms with van der Waals surface area (Å²) in [6.45, 7) is 8.05. The molecule has 0 unspecified atom stereocenters. The molecule has 1 aliphatic heterocycles. The summed E-state index contributed by atoms with van der Waals surface area (Å²) in [6, 6.07) is 12.9. The van der Waals surface area contributed by atoms with E-state index in [0.717, 1.165) is 33.4 Å². The number of rotatable bonds is 8. The van der Waals surface area contributed by atoms with Crippen LogP contribution in [-0.4, -0.2) is 37.0 Å². The molecule has 0 saturated carbocycles. The van der Waals surface area contributed by atoms with Crippen molar-refractivity contribution in [3.63, 3.8) is 0 Å². The highest BCUT2D eigenvalue weighted by atomic mass is 19.1. The second-order valence-electron chi connectivity index (χ2n) is 11.1. The largest absolute Gasteiger partial charge is 0.492 e. The highest BCUT2D eigenvalue weighted by Gasteiger charge is 2.32. The maximum absolute atomic E-state index is 15.3. The van der Waals surface area contributed by atoms with Gasteiger partial charge in [0, 0.05) is 23.1 Å². The number of aryl methyl sites for hydroxylation is 2. The molecule has 0 amide bonds. The third kappa shape index (κ3) is 5.33. The monoisotopic (exact) mass is 534 g/mol. The zero-order chi connectivity index (χ0) is 27.9. The molecule has 0 bridgehead atoms. The Morgan fingerprint density at radius 3 is 2.54 bits per heavy atom. The number of hydrogen-bond donors (Lipinski definition) is 1. The lowest BCUT2D eigenvalue weighted by atomic mass is 9.90. The molecule has 0 fully saturated rings. The molecule has 1 heterocycles. The van der Waals surface area contributed by atoms with Crippen molar-refractivity contribution < 1.29 is 33.2 Å². The van der Waals surface area contributed by atoms with Crippen molar-refractivity contribution in [2.45, 2.75) is 64.6 Å². The first-order chi connectivity index (χ1) is 18.6. The predicted molar refractivity (Wildman–Crippen MR) is 146 cm³/mol. The van der Waals surface area contributed by atoms with Crippen LogP contribution in [0.1, 0.15) is 66.5 Å². The number of esters is 1. The highest BCUT2D eigenvalue weighted by Crippen LogP contribution is 2.45. The van der Waals surface area contributed by atoms with Crippen LogP contribution in [0.3, 0.4) is 0 Å². The standard InChI is InChI=1S/C32H35FO6/c1-18-12-22(39-32(3,4)17-34)13-19(2)30(18)24-8-10-26(33)31-25(24)9-11-27(31)38-21-6-7-23-20(14-29(35)36-5)16-37-28(23)15-21/h6-8,10,12-13,15,20,27,34H,9,11,14,16-17H2,1-5H3/t20-,27-/m1/s1. The Morgan fingerprint density at radius 1 is 1.10 bits per heavy atom. The lowest BCUT2D eigenvalue weighted by molar-refractivity contribution is -0.141. The minimum absolute atomic E-state index is 0.0494. The van der Waals surface area contributed by atoms with Crippen molar-refractivity contribution in [1.29, 1.82) is 0 Å². The van der Waals surface area contributed by atoms with Gasteiger partial charge in [0.05, 0.1) is 26.7 Å². The molecule has 0 spiro atoms. The second kappa shape index (κ2) is 10.5. The van der Waals surface area contributed by atoms with E-state index in [2.05, 4.69) is 0 Å². The predicted octanol–water partition coefficient (Wildman–Crippen LogP) is 6.36. The van der Waals surface area contributed by atoms with E-state index in [9.17, 15) is 9.90 Å². The quantitative estimate of drug-likeness (QED) is 0.339. The van der Waals surface area contributed by atoms with Gasteiger partial charge in [-0.2, -0.15) is 0 Å². The third-order valence-electron chi connectivity index (χ3n) is 7.62. The van der Waals surface area contributed by atoms with E-state index in [1.807, 2.05) is 64.1 Å². The molecule has 1 aliphatic carbocycles. The molecular formula is C32H35FO6. The summed E-state index contributed by atoms with van der Waals surface area (Å²) in [7, 11) is 1.38. The van der Waals surface area contributed by atoms with Gasteiger partial charge in [0.15, 0.2) is 0 Å². The van der Waals surface area contributed by atoms with Gasteiger partial charge in [-0.15, -0.1) is 0 Å². The van der Waals surface area contributed by atoms with Crippen LogP contribution in [0.2, 0.25) is 0 Å². The molecule has 2 aliphatic rings. The zero-order valence-corrected chi connectivity index (χ0v) is 23.1. The van der Waals surface area contributed by atoms with E-state index in [1.165, 1.54) is 13.2 Å². The second-order valence-corrected chi connectivity index (χ2v) is 11.1. The molecule has 6 nitrogen and oxygen atoms in total. The number of benzene rings is 3. The van der Waals surface area contributed by atoms with Crippen LogP contribution in [0.5, 0.6) is 17.2 Å². The van der Waals surface area contributed by atoms with Gasteiger partial charge in [-0.25, -0.2) is 4.39 Å². The Labute approximate surface area is 228 Å². The average molecular weight is 535 g/mol. The fourth-order valence-electron chi connectivity index (χ4n) is 5.73. The van der Waals surface area contributed by atoms with Crippen LogP contribution in [0.15, 0.2) is 42.5 Å². The van der Waals surface area contributed by atoms with Crippen LogP contribution in [0, 0.1) is 19.7 Å². The van der Waals surface area contributed by atoms with E-state index in [1.54, 1.807) is 0 Å². The number of fused-ring (bicyclic) bond motifs is 2. The van der Waals surface area contributed by atoms with Crippen LogP contribution < -0.4 is 14.2 Å². The average Bonchev–Trinajstić information content (AvgIpc) is 3.49. The summed E-state index contributed by atoms with van der Waals surface area (Å²) < 4.78 is 38.2. The first-order valence-electron chi connectivity index (χ1n) is 13.3. The van der Waals surface area contributed by atoms with Crippen molar-refractivity contribution in [3.8, 4) is 28.4 Å². The number of carbonyl (C=O) groups excluding carboxylic acids is 1. The molecule has 206 valence electrons. The number of ether oxygens (including phenoxy) is 4. The number of carbonyl (C=O) groups is 1. The number of aliphatic hydroxyl groups excluding tert-OH is 1. The summed E-state index contributed by atoms with van der Waals surface area (Å²) in [5, 5.41) is 9.59. The lowest BCUT2D eigenvalue weighted by Crippen LogP contribution is -2.32. The Kier molecular flexibility index (Phi) is 7.29. The van der Waals surface area contributed by atoms with E-state index in [4.69, 9.17) is 18.9 Å². The SMILES string of the molecule is COC(=O)C[C@@H]1COc2cc(O[C@@H]3CCc4c(-c5c(C)cc(OC(C)(C)CO)cc5C)ccc(F)c43)ccc21. The summed E-state index contributed by atoms with van der Waals surface area (Å²) in [5.41, 5.74) is 5.93. The van der Waals surface area contributed by atoms with Crippen molar-refractivity contribution in [3.05, 3.63) is 76.1 Å². The van der Waals surface area contributed by atoms with Gasteiger partial charge >= 0.3 is 5.97 Å². The Bertz CT molecular complexity index is 1390. The third-order valence-corrected chi connectivity index (χ3v) is 7.62. The summed E-state index contributed by atoms with van der Waals surface area (Å²) in [5.74, 6) is 1.40. The Hall–Kier alpha value is -3.58. The van der Waals surface area contributed by atoms with E-state index >= 15 is 4.39 Å². The number of halogens is 1. The molecule has 3 aromatic rings. The Morgan fingerprint density at radius 2 is 1.85 bits per heavy atom. The zero-order valence-electron chi connectivity index (χ0n) is 23.1.